The van der Waals surface area contributed by atoms with Crippen LogP contribution >= 0.6 is 22.7 Å². The van der Waals surface area contributed by atoms with Gasteiger partial charge in [0, 0.05) is 73.3 Å². The number of hydrogen-bond acceptors (Lipinski definition) is 2. The van der Waals surface area contributed by atoms with Gasteiger partial charge in [-0.15, -0.1) is 22.7 Å². The second-order valence-electron chi connectivity index (χ2n) is 14.5. The van der Waals surface area contributed by atoms with E-state index in [0.717, 1.165) is 0 Å². The summed E-state index contributed by atoms with van der Waals surface area (Å²) in [5.41, 5.74) is 7.21. The van der Waals surface area contributed by atoms with E-state index in [2.05, 4.69) is 179 Å². The molecule has 0 radical (unpaired) electrons. The highest BCUT2D eigenvalue weighted by Crippen LogP contribution is 2.45. The van der Waals surface area contributed by atoms with Gasteiger partial charge in [-0.25, -0.2) is 0 Å². The van der Waals surface area contributed by atoms with Crippen LogP contribution in [0.5, 0.6) is 0 Å². The molecular formula is C50H28N2S2. The number of nitrogens with zero attached hydrogens (tertiary/aromatic N) is 2. The average molecular weight is 721 g/mol. The van der Waals surface area contributed by atoms with Crippen LogP contribution in [0.4, 0.5) is 0 Å². The molecule has 54 heavy (non-hydrogen) atoms. The number of aromatic nitrogens is 2. The Hall–Kier alpha value is -6.46. The lowest BCUT2D eigenvalue weighted by Gasteiger charge is -2.11. The summed E-state index contributed by atoms with van der Waals surface area (Å²) in [7, 11) is 0. The van der Waals surface area contributed by atoms with Gasteiger partial charge in [0.05, 0.1) is 22.1 Å². The average Bonchev–Trinajstić information content (AvgIpc) is 3.97. The van der Waals surface area contributed by atoms with Crippen LogP contribution in [0.3, 0.4) is 0 Å². The highest BCUT2D eigenvalue weighted by molar-refractivity contribution is 7.26. The van der Waals surface area contributed by atoms with E-state index in [-0.39, 0.29) is 0 Å². The second-order valence-corrected chi connectivity index (χ2v) is 16.6. The molecule has 4 aromatic heterocycles. The summed E-state index contributed by atoms with van der Waals surface area (Å²) in [6, 6.07) is 63.4. The smallest absolute Gasteiger partial charge is 0.0547 e. The van der Waals surface area contributed by atoms with Gasteiger partial charge >= 0.3 is 0 Å². The summed E-state index contributed by atoms with van der Waals surface area (Å²) < 4.78 is 10.3. The van der Waals surface area contributed by atoms with Gasteiger partial charge in [-0.2, -0.15) is 0 Å². The lowest BCUT2D eigenvalue weighted by molar-refractivity contribution is 1.17. The first kappa shape index (κ1) is 29.0. The van der Waals surface area contributed by atoms with Crippen molar-refractivity contribution in [1.82, 2.24) is 9.13 Å². The van der Waals surface area contributed by atoms with Gasteiger partial charge in [0.15, 0.2) is 0 Å². The quantitative estimate of drug-likeness (QED) is 0.168. The normalized spacial score (nSPS) is 12.4. The lowest BCUT2D eigenvalue weighted by Crippen LogP contribution is -1.95. The number of benzene rings is 9. The Morgan fingerprint density at radius 1 is 0.278 bits per heavy atom. The van der Waals surface area contributed by atoms with E-state index in [1.807, 2.05) is 22.7 Å². The van der Waals surface area contributed by atoms with Crippen LogP contribution in [0.1, 0.15) is 0 Å². The molecule has 4 heterocycles. The number of thiophene rings is 2. The van der Waals surface area contributed by atoms with Crippen LogP contribution in [-0.4, -0.2) is 9.13 Å². The highest BCUT2D eigenvalue weighted by atomic mass is 32.1. The van der Waals surface area contributed by atoms with E-state index in [4.69, 9.17) is 0 Å². The molecule has 0 amide bonds. The zero-order chi connectivity index (χ0) is 35.1. The Kier molecular flexibility index (Phi) is 5.69. The monoisotopic (exact) mass is 720 g/mol. The fourth-order valence-electron chi connectivity index (χ4n) is 9.33. The molecule has 0 saturated carbocycles. The molecule has 0 bridgehead atoms. The topological polar surface area (TPSA) is 9.86 Å². The third-order valence-electron chi connectivity index (χ3n) is 11.6. The van der Waals surface area contributed by atoms with E-state index in [1.54, 1.807) is 0 Å². The lowest BCUT2D eigenvalue weighted by atomic mass is 10.0. The first-order chi connectivity index (χ1) is 26.8. The minimum atomic E-state index is 1.17. The summed E-state index contributed by atoms with van der Waals surface area (Å²) in [6.07, 6.45) is 0. The SMILES string of the molecule is c1ccc(-n2c3ccc(-n4c5ccccc5c5cc6c(ccc7sc8ccccc8c76)cc54)cc3c3cc4c(ccc5sc6ccccc6c54)cc32)cc1. The van der Waals surface area contributed by atoms with Crippen molar-refractivity contribution in [2.75, 3.05) is 0 Å². The number of fused-ring (bicyclic) bond motifs is 16. The molecule has 0 aliphatic rings. The van der Waals surface area contributed by atoms with Crippen LogP contribution < -0.4 is 0 Å². The molecule has 0 spiro atoms. The fraction of sp³-hybridized carbons (Fsp3) is 0. The van der Waals surface area contributed by atoms with Crippen LogP contribution in [-0.2, 0) is 0 Å². The molecule has 0 fully saturated rings. The molecule has 13 rings (SSSR count). The standard InChI is InChI=1S/C50H28N2S2/c1-2-10-31(11-3-1)51-42-21-20-32(26-38(42)40-28-37-30(25-44(40)51)19-23-48-50(37)35-14-6-9-17-46(35)54-48)52-41-15-7-4-12-33(41)39-27-36-29(24-43(39)52)18-22-47-49(36)34-13-5-8-16-45(34)53-47/h1-28H. The molecule has 250 valence electrons. The van der Waals surface area contributed by atoms with Gasteiger partial charge in [-0.05, 0) is 106 Å². The first-order valence-electron chi connectivity index (χ1n) is 18.4. The predicted molar refractivity (Wildman–Crippen MR) is 236 cm³/mol. The Labute approximate surface area is 316 Å². The molecule has 0 saturated heterocycles. The zero-order valence-corrected chi connectivity index (χ0v) is 30.5. The van der Waals surface area contributed by atoms with Crippen molar-refractivity contribution >= 4 is 128 Å². The van der Waals surface area contributed by atoms with Gasteiger partial charge in [0.25, 0.3) is 0 Å². The molecule has 13 aromatic rings. The largest absolute Gasteiger partial charge is 0.309 e. The van der Waals surface area contributed by atoms with Crippen LogP contribution in [0.2, 0.25) is 0 Å². The Bertz CT molecular complexity index is 3730. The van der Waals surface area contributed by atoms with Crippen LogP contribution in [0.25, 0.3) is 117 Å². The number of rotatable bonds is 2. The van der Waals surface area contributed by atoms with Crippen LogP contribution in [0, 0.1) is 0 Å². The minimum absolute atomic E-state index is 1.17. The fourth-order valence-corrected chi connectivity index (χ4v) is 11.6. The van der Waals surface area contributed by atoms with E-state index in [0.29, 0.717) is 0 Å². The second kappa shape index (κ2) is 10.6. The third kappa shape index (κ3) is 3.83. The van der Waals surface area contributed by atoms with Gasteiger partial charge in [-0.1, -0.05) is 84.9 Å². The summed E-state index contributed by atoms with van der Waals surface area (Å²) in [4.78, 5) is 0. The molecule has 0 aliphatic heterocycles. The van der Waals surface area contributed by atoms with E-state index in [9.17, 15) is 0 Å². The maximum Gasteiger partial charge on any atom is 0.0547 e. The first-order valence-corrected chi connectivity index (χ1v) is 20.1. The van der Waals surface area contributed by atoms with Gasteiger partial charge in [0.2, 0.25) is 0 Å². The van der Waals surface area contributed by atoms with Crippen LogP contribution in [0.15, 0.2) is 170 Å². The Morgan fingerprint density at radius 3 is 1.43 bits per heavy atom. The molecule has 0 unspecified atom stereocenters. The molecule has 0 N–H and O–H groups in total. The Morgan fingerprint density at radius 2 is 0.778 bits per heavy atom. The molecular weight excluding hydrogens is 693 g/mol. The predicted octanol–water partition coefficient (Wildman–Crippen LogP) is 14.9. The summed E-state index contributed by atoms with van der Waals surface area (Å²) in [5.74, 6) is 0. The van der Waals surface area contributed by atoms with Crippen molar-refractivity contribution in [1.29, 1.82) is 0 Å². The minimum Gasteiger partial charge on any atom is -0.309 e. The van der Waals surface area contributed by atoms with Crippen molar-refractivity contribution in [3.8, 4) is 11.4 Å². The van der Waals surface area contributed by atoms with Gasteiger partial charge in [0.1, 0.15) is 0 Å². The summed E-state index contributed by atoms with van der Waals surface area (Å²) in [6.45, 7) is 0. The maximum atomic E-state index is 2.48. The van der Waals surface area contributed by atoms with E-state index in [1.165, 1.54) is 117 Å². The zero-order valence-electron chi connectivity index (χ0n) is 28.9. The van der Waals surface area contributed by atoms with E-state index >= 15 is 0 Å². The summed E-state index contributed by atoms with van der Waals surface area (Å²) >= 11 is 3.77. The van der Waals surface area contributed by atoms with Gasteiger partial charge < -0.3 is 9.13 Å². The molecule has 0 aliphatic carbocycles. The maximum absolute atomic E-state index is 2.48. The molecule has 4 heteroatoms. The highest BCUT2D eigenvalue weighted by Gasteiger charge is 2.20. The van der Waals surface area contributed by atoms with Crippen molar-refractivity contribution in [3.05, 3.63) is 170 Å². The number of hydrogen-bond donors (Lipinski definition) is 0. The van der Waals surface area contributed by atoms with Crippen molar-refractivity contribution in [3.63, 3.8) is 0 Å². The van der Waals surface area contributed by atoms with Crippen molar-refractivity contribution in [2.24, 2.45) is 0 Å². The molecule has 2 nitrogen and oxygen atoms in total. The number of para-hydroxylation sites is 2. The molecule has 9 aromatic carbocycles. The molecule has 0 atom stereocenters. The summed E-state index contributed by atoms with van der Waals surface area (Å²) in [5, 5.41) is 15.6. The third-order valence-corrected chi connectivity index (χ3v) is 13.9. The van der Waals surface area contributed by atoms with Crippen molar-refractivity contribution in [2.45, 2.75) is 0 Å². The van der Waals surface area contributed by atoms with Gasteiger partial charge in [-0.3, -0.25) is 0 Å². The van der Waals surface area contributed by atoms with Crippen molar-refractivity contribution < 1.29 is 0 Å². The Balaban J connectivity index is 1.14. The van der Waals surface area contributed by atoms with E-state index < -0.39 is 0 Å².